The maximum Gasteiger partial charge on any atom is 0.258 e. The molecular weight excluding hydrogens is 298 g/mol. The van der Waals surface area contributed by atoms with Gasteiger partial charge in [0.05, 0.1) is 17.2 Å². The van der Waals surface area contributed by atoms with E-state index in [1.54, 1.807) is 42.6 Å². The van der Waals surface area contributed by atoms with Gasteiger partial charge in [0.15, 0.2) is 5.82 Å². The number of nitrogens with one attached hydrogen (secondary N) is 1. The van der Waals surface area contributed by atoms with Crippen LogP contribution in [0.3, 0.4) is 0 Å². The first-order chi connectivity index (χ1) is 10.8. The van der Waals surface area contributed by atoms with E-state index in [9.17, 15) is 4.79 Å². The number of pyridine rings is 1. The van der Waals surface area contributed by atoms with Gasteiger partial charge < -0.3 is 0 Å². The van der Waals surface area contributed by atoms with Gasteiger partial charge in [-0.15, -0.1) is 0 Å². The Morgan fingerprint density at radius 2 is 2.00 bits per heavy atom. The molecule has 0 saturated heterocycles. The summed E-state index contributed by atoms with van der Waals surface area (Å²) in [6.07, 6.45) is 1.65. The van der Waals surface area contributed by atoms with E-state index in [0.29, 0.717) is 27.8 Å². The summed E-state index contributed by atoms with van der Waals surface area (Å²) in [5.41, 5.74) is 1.26. The lowest BCUT2D eigenvalue weighted by Crippen LogP contribution is -2.13. The predicted octanol–water partition coefficient (Wildman–Crippen LogP) is 2.72. The molecular formula is C15H9N5OS. The SMILES string of the molecule is N#Cc1ccccc1C(=O)Nc1nc(-c2ccccn2)ns1. The molecule has 0 spiro atoms. The fourth-order valence-corrected chi connectivity index (χ4v) is 2.39. The van der Waals surface area contributed by atoms with E-state index < -0.39 is 0 Å². The lowest BCUT2D eigenvalue weighted by atomic mass is 10.1. The number of carbonyl (C=O) groups excluding carboxylic acids is 1. The van der Waals surface area contributed by atoms with Crippen molar-refractivity contribution in [2.45, 2.75) is 0 Å². The number of rotatable bonds is 3. The number of benzene rings is 1. The van der Waals surface area contributed by atoms with Crippen LogP contribution in [0.2, 0.25) is 0 Å². The van der Waals surface area contributed by atoms with E-state index >= 15 is 0 Å². The van der Waals surface area contributed by atoms with Crippen LogP contribution in [0.1, 0.15) is 15.9 Å². The maximum atomic E-state index is 12.2. The second kappa shape index (κ2) is 6.11. The molecule has 1 N–H and O–H groups in total. The second-order valence-electron chi connectivity index (χ2n) is 4.25. The third-order valence-corrected chi connectivity index (χ3v) is 3.46. The van der Waals surface area contributed by atoms with Crippen LogP contribution in [0.4, 0.5) is 5.13 Å². The molecule has 0 unspecified atom stereocenters. The highest BCUT2D eigenvalue weighted by molar-refractivity contribution is 7.10. The summed E-state index contributed by atoms with van der Waals surface area (Å²) >= 11 is 1.06. The lowest BCUT2D eigenvalue weighted by molar-refractivity contribution is 0.102. The summed E-state index contributed by atoms with van der Waals surface area (Å²) in [5.74, 6) is 0.0651. The van der Waals surface area contributed by atoms with Gasteiger partial charge in [0.1, 0.15) is 5.69 Å². The molecule has 22 heavy (non-hydrogen) atoms. The molecule has 0 radical (unpaired) electrons. The summed E-state index contributed by atoms with van der Waals surface area (Å²) < 4.78 is 4.16. The van der Waals surface area contributed by atoms with Crippen molar-refractivity contribution in [1.29, 1.82) is 5.26 Å². The predicted molar refractivity (Wildman–Crippen MR) is 82.3 cm³/mol. The Bertz CT molecular complexity index is 854. The van der Waals surface area contributed by atoms with Gasteiger partial charge in [-0.1, -0.05) is 18.2 Å². The fraction of sp³-hybridized carbons (Fsp3) is 0. The van der Waals surface area contributed by atoms with E-state index in [4.69, 9.17) is 5.26 Å². The van der Waals surface area contributed by atoms with Gasteiger partial charge in [-0.2, -0.15) is 14.6 Å². The Balaban J connectivity index is 1.81. The van der Waals surface area contributed by atoms with Gasteiger partial charge in [-0.3, -0.25) is 15.1 Å². The van der Waals surface area contributed by atoms with Crippen LogP contribution in [-0.4, -0.2) is 20.2 Å². The van der Waals surface area contributed by atoms with E-state index in [1.807, 2.05) is 12.1 Å². The molecule has 0 aliphatic carbocycles. The summed E-state index contributed by atoms with van der Waals surface area (Å²) in [7, 11) is 0. The van der Waals surface area contributed by atoms with Crippen molar-refractivity contribution in [3.8, 4) is 17.6 Å². The molecule has 3 rings (SSSR count). The third kappa shape index (κ3) is 2.82. The summed E-state index contributed by atoms with van der Waals surface area (Å²) in [4.78, 5) is 20.6. The van der Waals surface area contributed by atoms with Crippen LogP contribution < -0.4 is 5.32 Å². The largest absolute Gasteiger partial charge is 0.297 e. The smallest absolute Gasteiger partial charge is 0.258 e. The number of nitrogens with zero attached hydrogens (tertiary/aromatic N) is 4. The number of hydrogen-bond acceptors (Lipinski definition) is 6. The first kappa shape index (κ1) is 13.9. The average molecular weight is 307 g/mol. The number of amides is 1. The van der Waals surface area contributed by atoms with Crippen molar-refractivity contribution in [1.82, 2.24) is 14.3 Å². The highest BCUT2D eigenvalue weighted by Crippen LogP contribution is 2.20. The molecule has 0 atom stereocenters. The zero-order valence-electron chi connectivity index (χ0n) is 11.2. The molecule has 2 aromatic heterocycles. The molecule has 6 nitrogen and oxygen atoms in total. The lowest BCUT2D eigenvalue weighted by Gasteiger charge is -2.02. The molecule has 2 heterocycles. The number of carbonyl (C=O) groups is 1. The van der Waals surface area contributed by atoms with Crippen LogP contribution in [0, 0.1) is 11.3 Å². The van der Waals surface area contributed by atoms with Gasteiger partial charge >= 0.3 is 0 Å². The maximum absolute atomic E-state index is 12.2. The van der Waals surface area contributed by atoms with Gasteiger partial charge in [0.2, 0.25) is 5.13 Å². The molecule has 0 aliphatic heterocycles. The Hall–Kier alpha value is -3.11. The van der Waals surface area contributed by atoms with Gasteiger partial charge in [-0.25, -0.2) is 0 Å². The minimum absolute atomic E-state index is 0.305. The van der Waals surface area contributed by atoms with Crippen molar-refractivity contribution >= 4 is 22.6 Å². The Kier molecular flexibility index (Phi) is 3.85. The molecule has 1 amide bonds. The van der Waals surface area contributed by atoms with E-state index in [-0.39, 0.29) is 5.91 Å². The average Bonchev–Trinajstić information content (AvgIpc) is 3.04. The van der Waals surface area contributed by atoms with E-state index in [0.717, 1.165) is 11.5 Å². The molecule has 3 aromatic rings. The highest BCUT2D eigenvalue weighted by Gasteiger charge is 2.14. The van der Waals surface area contributed by atoms with Crippen LogP contribution in [0.5, 0.6) is 0 Å². The van der Waals surface area contributed by atoms with Crippen molar-refractivity contribution in [3.05, 3.63) is 59.8 Å². The molecule has 1 aromatic carbocycles. The van der Waals surface area contributed by atoms with Crippen molar-refractivity contribution in [2.75, 3.05) is 5.32 Å². The Morgan fingerprint density at radius 3 is 2.77 bits per heavy atom. The molecule has 0 fully saturated rings. The number of aromatic nitrogens is 3. The fourth-order valence-electron chi connectivity index (χ4n) is 1.82. The quantitative estimate of drug-likeness (QED) is 0.803. The molecule has 7 heteroatoms. The first-order valence-electron chi connectivity index (χ1n) is 6.33. The monoisotopic (exact) mass is 307 g/mol. The van der Waals surface area contributed by atoms with Gasteiger partial charge in [-0.05, 0) is 24.3 Å². The normalized spacial score (nSPS) is 9.95. The molecule has 0 saturated carbocycles. The minimum atomic E-state index is -0.388. The van der Waals surface area contributed by atoms with Gasteiger partial charge in [0, 0.05) is 17.7 Å². The molecule has 106 valence electrons. The minimum Gasteiger partial charge on any atom is -0.297 e. The van der Waals surface area contributed by atoms with Crippen LogP contribution >= 0.6 is 11.5 Å². The Morgan fingerprint density at radius 1 is 1.18 bits per heavy atom. The van der Waals surface area contributed by atoms with Crippen LogP contribution in [0.15, 0.2) is 48.7 Å². The number of hydrogen-bond donors (Lipinski definition) is 1. The first-order valence-corrected chi connectivity index (χ1v) is 7.11. The Labute approximate surface area is 130 Å². The summed E-state index contributed by atoms with van der Waals surface area (Å²) in [6, 6.07) is 14.0. The molecule has 0 aliphatic rings. The zero-order chi connectivity index (χ0) is 15.4. The topological polar surface area (TPSA) is 91.6 Å². The second-order valence-corrected chi connectivity index (χ2v) is 5.00. The standard InChI is InChI=1S/C15H9N5OS/c16-9-10-5-1-2-6-11(10)14(21)19-15-18-13(20-22-15)12-7-3-4-8-17-12/h1-8H,(H,18,19,20,21). The summed E-state index contributed by atoms with van der Waals surface area (Å²) in [5, 5.41) is 12.0. The van der Waals surface area contributed by atoms with Crippen LogP contribution in [-0.2, 0) is 0 Å². The van der Waals surface area contributed by atoms with Crippen molar-refractivity contribution in [2.24, 2.45) is 0 Å². The molecule has 0 bridgehead atoms. The highest BCUT2D eigenvalue weighted by atomic mass is 32.1. The zero-order valence-corrected chi connectivity index (χ0v) is 12.0. The van der Waals surface area contributed by atoms with Crippen molar-refractivity contribution in [3.63, 3.8) is 0 Å². The van der Waals surface area contributed by atoms with Crippen LogP contribution in [0.25, 0.3) is 11.5 Å². The third-order valence-electron chi connectivity index (χ3n) is 2.83. The van der Waals surface area contributed by atoms with E-state index in [2.05, 4.69) is 19.7 Å². The number of nitriles is 1. The van der Waals surface area contributed by atoms with Gasteiger partial charge in [0.25, 0.3) is 5.91 Å². The summed E-state index contributed by atoms with van der Waals surface area (Å²) in [6.45, 7) is 0. The van der Waals surface area contributed by atoms with Crippen molar-refractivity contribution < 1.29 is 4.79 Å². The number of anilines is 1. The van der Waals surface area contributed by atoms with E-state index in [1.165, 1.54) is 0 Å².